The van der Waals surface area contributed by atoms with E-state index in [0.29, 0.717) is 6.54 Å². The summed E-state index contributed by atoms with van der Waals surface area (Å²) in [5.41, 5.74) is -0.00187. The molecule has 1 aromatic heterocycles. The Balaban J connectivity index is 2.88. The summed E-state index contributed by atoms with van der Waals surface area (Å²) >= 11 is 0. The SMILES string of the molecule is CCN(CC)CC(C)NC(=O)c1c([N+](=O)[O-])c(C)nn1C. The van der Waals surface area contributed by atoms with Crippen LogP contribution in [0.3, 0.4) is 0 Å². The average Bonchev–Trinajstić information content (AvgIpc) is 2.70. The lowest BCUT2D eigenvalue weighted by molar-refractivity contribution is -0.385. The highest BCUT2D eigenvalue weighted by molar-refractivity contribution is 5.97. The first-order valence-electron chi connectivity index (χ1n) is 7.02. The quantitative estimate of drug-likeness (QED) is 0.601. The van der Waals surface area contributed by atoms with Crippen LogP contribution in [0.2, 0.25) is 0 Å². The number of likely N-dealkylation sites (N-methyl/N-ethyl adjacent to an activating group) is 1. The summed E-state index contributed by atoms with van der Waals surface area (Å²) in [5.74, 6) is -0.468. The summed E-state index contributed by atoms with van der Waals surface area (Å²) in [5, 5.41) is 17.8. The van der Waals surface area contributed by atoms with Crippen molar-refractivity contribution in [2.45, 2.75) is 33.7 Å². The molecule has 0 radical (unpaired) electrons. The first kappa shape index (κ1) is 17.1. The number of amides is 1. The van der Waals surface area contributed by atoms with E-state index in [1.54, 1.807) is 0 Å². The van der Waals surface area contributed by atoms with E-state index in [9.17, 15) is 14.9 Å². The van der Waals surface area contributed by atoms with Crippen LogP contribution in [0.15, 0.2) is 0 Å². The zero-order valence-corrected chi connectivity index (χ0v) is 13.2. The van der Waals surface area contributed by atoms with Crippen LogP contribution in [0.1, 0.15) is 37.0 Å². The minimum atomic E-state index is -0.563. The number of rotatable bonds is 7. The van der Waals surface area contributed by atoms with Gasteiger partial charge in [-0.05, 0) is 26.9 Å². The largest absolute Gasteiger partial charge is 0.347 e. The zero-order chi connectivity index (χ0) is 16.2. The predicted octanol–water partition coefficient (Wildman–Crippen LogP) is 1.10. The molecule has 1 aromatic rings. The number of hydrogen-bond acceptors (Lipinski definition) is 5. The Bertz CT molecular complexity index is 522. The third-order valence-electron chi connectivity index (χ3n) is 3.39. The van der Waals surface area contributed by atoms with Crippen LogP contribution < -0.4 is 5.32 Å². The van der Waals surface area contributed by atoms with Gasteiger partial charge < -0.3 is 10.2 Å². The summed E-state index contributed by atoms with van der Waals surface area (Å²) in [6.07, 6.45) is 0. The predicted molar refractivity (Wildman–Crippen MR) is 79.3 cm³/mol. The van der Waals surface area contributed by atoms with Crippen LogP contribution in [0.25, 0.3) is 0 Å². The van der Waals surface area contributed by atoms with Gasteiger partial charge in [0.05, 0.1) is 4.92 Å². The molecule has 0 aromatic carbocycles. The van der Waals surface area contributed by atoms with Gasteiger partial charge in [0.15, 0.2) is 0 Å². The van der Waals surface area contributed by atoms with Gasteiger partial charge in [0, 0.05) is 19.6 Å². The van der Waals surface area contributed by atoms with E-state index in [-0.39, 0.29) is 23.1 Å². The van der Waals surface area contributed by atoms with Crippen LogP contribution in [-0.2, 0) is 7.05 Å². The second-order valence-corrected chi connectivity index (χ2v) is 5.02. The van der Waals surface area contributed by atoms with Gasteiger partial charge in [0.2, 0.25) is 5.69 Å². The maximum Gasteiger partial charge on any atom is 0.322 e. The molecule has 1 amide bonds. The smallest absolute Gasteiger partial charge is 0.322 e. The van der Waals surface area contributed by atoms with E-state index in [4.69, 9.17) is 0 Å². The second-order valence-electron chi connectivity index (χ2n) is 5.02. The van der Waals surface area contributed by atoms with Gasteiger partial charge in [0.1, 0.15) is 5.69 Å². The summed E-state index contributed by atoms with van der Waals surface area (Å²) in [6, 6.07) is -0.104. The van der Waals surface area contributed by atoms with E-state index >= 15 is 0 Å². The molecule has 8 nitrogen and oxygen atoms in total. The maximum atomic E-state index is 12.3. The number of aromatic nitrogens is 2. The lowest BCUT2D eigenvalue weighted by Gasteiger charge is -2.23. The number of nitrogens with one attached hydrogen (secondary N) is 1. The molecule has 1 unspecified atom stereocenters. The Labute approximate surface area is 124 Å². The Morgan fingerprint density at radius 2 is 2.05 bits per heavy atom. The number of nitro groups is 1. The van der Waals surface area contributed by atoms with Crippen molar-refractivity contribution in [2.24, 2.45) is 7.05 Å². The Morgan fingerprint density at radius 1 is 1.48 bits per heavy atom. The molecule has 118 valence electrons. The molecule has 0 saturated heterocycles. The Kier molecular flexibility index (Phi) is 5.83. The van der Waals surface area contributed by atoms with Crippen molar-refractivity contribution < 1.29 is 9.72 Å². The van der Waals surface area contributed by atoms with Gasteiger partial charge in [-0.2, -0.15) is 5.10 Å². The van der Waals surface area contributed by atoms with E-state index in [1.807, 2.05) is 20.8 Å². The summed E-state index contributed by atoms with van der Waals surface area (Å²) in [4.78, 5) is 25.0. The van der Waals surface area contributed by atoms with Crippen molar-refractivity contribution in [3.05, 3.63) is 21.5 Å². The van der Waals surface area contributed by atoms with Gasteiger partial charge in [-0.15, -0.1) is 0 Å². The third kappa shape index (κ3) is 4.01. The van der Waals surface area contributed by atoms with Crippen LogP contribution in [-0.4, -0.2) is 51.2 Å². The minimum absolute atomic E-state index is 0.0103. The minimum Gasteiger partial charge on any atom is -0.347 e. The average molecular weight is 297 g/mol. The maximum absolute atomic E-state index is 12.3. The molecule has 1 heterocycles. The second kappa shape index (κ2) is 7.16. The van der Waals surface area contributed by atoms with Gasteiger partial charge >= 0.3 is 5.69 Å². The highest BCUT2D eigenvalue weighted by atomic mass is 16.6. The summed E-state index contributed by atoms with van der Waals surface area (Å²) in [7, 11) is 1.53. The molecule has 0 aliphatic carbocycles. The molecule has 0 saturated carbocycles. The summed E-state index contributed by atoms with van der Waals surface area (Å²) < 4.78 is 1.26. The Hall–Kier alpha value is -1.96. The summed E-state index contributed by atoms with van der Waals surface area (Å²) in [6.45, 7) is 9.98. The van der Waals surface area contributed by atoms with Crippen LogP contribution in [0.4, 0.5) is 5.69 Å². The highest BCUT2D eigenvalue weighted by Crippen LogP contribution is 2.22. The van der Waals surface area contributed by atoms with Crippen molar-refractivity contribution in [3.63, 3.8) is 0 Å². The monoisotopic (exact) mass is 297 g/mol. The van der Waals surface area contributed by atoms with Crippen molar-refractivity contribution in [1.29, 1.82) is 0 Å². The van der Waals surface area contributed by atoms with Crippen LogP contribution in [0, 0.1) is 17.0 Å². The fourth-order valence-electron chi connectivity index (χ4n) is 2.33. The van der Waals surface area contributed by atoms with Crippen molar-refractivity contribution in [2.75, 3.05) is 19.6 Å². The zero-order valence-electron chi connectivity index (χ0n) is 13.2. The van der Waals surface area contributed by atoms with Gasteiger partial charge in [-0.1, -0.05) is 13.8 Å². The molecule has 8 heteroatoms. The first-order valence-corrected chi connectivity index (χ1v) is 7.02. The molecule has 0 spiro atoms. The number of carbonyl (C=O) groups excluding carboxylic acids is 1. The van der Waals surface area contributed by atoms with Crippen LogP contribution >= 0.6 is 0 Å². The van der Waals surface area contributed by atoms with E-state index in [2.05, 4.69) is 15.3 Å². The van der Waals surface area contributed by atoms with Gasteiger partial charge in [0.25, 0.3) is 5.91 Å². The van der Waals surface area contributed by atoms with Gasteiger partial charge in [-0.25, -0.2) is 0 Å². The van der Waals surface area contributed by atoms with E-state index < -0.39 is 10.8 Å². The molecule has 0 aliphatic heterocycles. The standard InChI is InChI=1S/C13H23N5O3/c1-6-17(7-2)8-9(3)14-13(19)12-11(18(20)21)10(4)15-16(12)5/h9H,6-8H2,1-5H3,(H,14,19). The highest BCUT2D eigenvalue weighted by Gasteiger charge is 2.29. The molecule has 0 aliphatic rings. The molecule has 1 N–H and O–H groups in total. The third-order valence-corrected chi connectivity index (χ3v) is 3.39. The number of hydrogen-bond donors (Lipinski definition) is 1. The van der Waals surface area contributed by atoms with E-state index in [0.717, 1.165) is 13.1 Å². The van der Waals surface area contributed by atoms with Crippen LogP contribution in [0.5, 0.6) is 0 Å². The molecule has 1 rings (SSSR count). The van der Waals surface area contributed by atoms with Crippen molar-refractivity contribution in [3.8, 4) is 0 Å². The molecule has 0 bridgehead atoms. The number of nitrogens with zero attached hydrogens (tertiary/aromatic N) is 4. The topological polar surface area (TPSA) is 93.3 Å². The normalized spacial score (nSPS) is 12.5. The number of carbonyl (C=O) groups is 1. The Morgan fingerprint density at radius 3 is 2.52 bits per heavy atom. The fourth-order valence-corrected chi connectivity index (χ4v) is 2.33. The van der Waals surface area contributed by atoms with E-state index in [1.165, 1.54) is 18.7 Å². The molecule has 0 fully saturated rings. The first-order chi connectivity index (χ1) is 9.81. The molecular formula is C13H23N5O3. The lowest BCUT2D eigenvalue weighted by atomic mass is 10.2. The fraction of sp³-hybridized carbons (Fsp3) is 0.692. The van der Waals surface area contributed by atoms with Crippen molar-refractivity contribution >= 4 is 11.6 Å². The van der Waals surface area contributed by atoms with Gasteiger partial charge in [-0.3, -0.25) is 19.6 Å². The van der Waals surface area contributed by atoms with Crippen molar-refractivity contribution in [1.82, 2.24) is 20.0 Å². The lowest BCUT2D eigenvalue weighted by Crippen LogP contribution is -2.42. The molecule has 1 atom stereocenters. The molecule has 21 heavy (non-hydrogen) atoms. The number of aryl methyl sites for hydroxylation is 2. The molecular weight excluding hydrogens is 274 g/mol.